The molecular formula is C15H20O2. The molecule has 0 saturated heterocycles. The van der Waals surface area contributed by atoms with Crippen LogP contribution in [0.4, 0.5) is 0 Å². The second-order valence-corrected chi connectivity index (χ2v) is 4.11. The van der Waals surface area contributed by atoms with Gasteiger partial charge in [0.1, 0.15) is 11.5 Å². The zero-order valence-electron chi connectivity index (χ0n) is 11.0. The van der Waals surface area contributed by atoms with Gasteiger partial charge in [0, 0.05) is 5.56 Å². The second-order valence-electron chi connectivity index (χ2n) is 4.11. The first-order valence-corrected chi connectivity index (χ1v) is 5.74. The van der Waals surface area contributed by atoms with E-state index < -0.39 is 0 Å². The van der Waals surface area contributed by atoms with Crippen LogP contribution in [0.3, 0.4) is 0 Å². The van der Waals surface area contributed by atoms with E-state index in [1.807, 2.05) is 32.9 Å². The van der Waals surface area contributed by atoms with Crippen LogP contribution in [-0.2, 0) is 0 Å². The van der Waals surface area contributed by atoms with Gasteiger partial charge < -0.3 is 9.84 Å². The van der Waals surface area contributed by atoms with Gasteiger partial charge in [0.15, 0.2) is 0 Å². The SMILES string of the molecule is C=C(/C=C(/O)c1ccc(OC)c(C)c1C)CC. The Kier molecular flexibility index (Phi) is 4.38. The molecule has 0 bridgehead atoms. The van der Waals surface area contributed by atoms with Crippen LogP contribution in [0, 0.1) is 13.8 Å². The molecule has 0 unspecified atom stereocenters. The summed E-state index contributed by atoms with van der Waals surface area (Å²) in [5, 5.41) is 10.1. The highest BCUT2D eigenvalue weighted by molar-refractivity contribution is 5.66. The Morgan fingerprint density at radius 1 is 1.35 bits per heavy atom. The molecule has 0 aliphatic heterocycles. The van der Waals surface area contributed by atoms with Crippen molar-refractivity contribution in [2.45, 2.75) is 27.2 Å². The highest BCUT2D eigenvalue weighted by Gasteiger charge is 2.09. The first-order valence-electron chi connectivity index (χ1n) is 5.74. The average Bonchev–Trinajstić information content (AvgIpc) is 2.32. The number of aliphatic hydroxyl groups is 1. The maximum Gasteiger partial charge on any atom is 0.123 e. The molecule has 0 amide bonds. The topological polar surface area (TPSA) is 29.5 Å². The third kappa shape index (κ3) is 2.90. The van der Waals surface area contributed by atoms with Gasteiger partial charge in [-0.1, -0.05) is 19.1 Å². The maximum atomic E-state index is 10.1. The fourth-order valence-corrected chi connectivity index (χ4v) is 1.67. The number of hydrogen-bond donors (Lipinski definition) is 1. The highest BCUT2D eigenvalue weighted by Crippen LogP contribution is 2.27. The normalized spacial score (nSPS) is 11.4. The van der Waals surface area contributed by atoms with E-state index in [4.69, 9.17) is 4.74 Å². The van der Waals surface area contributed by atoms with Crippen LogP contribution < -0.4 is 4.74 Å². The zero-order valence-corrected chi connectivity index (χ0v) is 11.0. The summed E-state index contributed by atoms with van der Waals surface area (Å²) in [6.07, 6.45) is 2.55. The Bertz CT molecular complexity index is 456. The molecule has 0 heterocycles. The molecule has 0 spiro atoms. The minimum absolute atomic E-state index is 0.264. The lowest BCUT2D eigenvalue weighted by atomic mass is 10.00. The molecule has 0 aliphatic rings. The minimum atomic E-state index is 0.264. The number of rotatable bonds is 4. The van der Waals surface area contributed by atoms with Crippen LogP contribution in [-0.4, -0.2) is 12.2 Å². The highest BCUT2D eigenvalue weighted by atomic mass is 16.5. The summed E-state index contributed by atoms with van der Waals surface area (Å²) in [6.45, 7) is 9.84. The van der Waals surface area contributed by atoms with Gasteiger partial charge in [-0.05, 0) is 49.6 Å². The fraction of sp³-hybridized carbons (Fsp3) is 0.333. The Morgan fingerprint density at radius 2 is 2.00 bits per heavy atom. The molecule has 0 radical (unpaired) electrons. The summed E-state index contributed by atoms with van der Waals surface area (Å²) in [7, 11) is 1.65. The van der Waals surface area contributed by atoms with E-state index in [9.17, 15) is 5.11 Å². The molecule has 1 N–H and O–H groups in total. The largest absolute Gasteiger partial charge is 0.507 e. The molecule has 17 heavy (non-hydrogen) atoms. The van der Waals surface area contributed by atoms with Gasteiger partial charge >= 0.3 is 0 Å². The van der Waals surface area contributed by atoms with Crippen molar-refractivity contribution in [1.29, 1.82) is 0 Å². The van der Waals surface area contributed by atoms with Crippen molar-refractivity contribution in [3.05, 3.63) is 47.1 Å². The Morgan fingerprint density at radius 3 is 2.53 bits per heavy atom. The van der Waals surface area contributed by atoms with Crippen molar-refractivity contribution in [3.8, 4) is 5.75 Å². The molecule has 1 aromatic carbocycles. The van der Waals surface area contributed by atoms with Crippen molar-refractivity contribution in [3.63, 3.8) is 0 Å². The van der Waals surface area contributed by atoms with Gasteiger partial charge in [-0.15, -0.1) is 0 Å². The van der Waals surface area contributed by atoms with Gasteiger partial charge in [0.2, 0.25) is 0 Å². The van der Waals surface area contributed by atoms with Gasteiger partial charge in [-0.3, -0.25) is 0 Å². The van der Waals surface area contributed by atoms with Crippen LogP contribution >= 0.6 is 0 Å². The van der Waals surface area contributed by atoms with Crippen molar-refractivity contribution >= 4 is 5.76 Å². The van der Waals surface area contributed by atoms with Gasteiger partial charge in [-0.25, -0.2) is 0 Å². The molecule has 0 aromatic heterocycles. The molecule has 0 aliphatic carbocycles. The standard InChI is InChI=1S/C15H20O2/c1-6-10(2)9-14(16)13-7-8-15(17-5)12(4)11(13)3/h7-9,16H,2,6H2,1,3-5H3/b14-9+. The molecule has 0 saturated carbocycles. The zero-order chi connectivity index (χ0) is 13.0. The van der Waals surface area contributed by atoms with Crippen LogP contribution in [0.1, 0.15) is 30.0 Å². The summed E-state index contributed by atoms with van der Waals surface area (Å²) in [6, 6.07) is 3.74. The summed E-state index contributed by atoms with van der Waals surface area (Å²) in [5.41, 5.74) is 3.82. The quantitative estimate of drug-likeness (QED) is 0.623. The molecule has 1 rings (SSSR count). The Hall–Kier alpha value is -1.70. The predicted molar refractivity (Wildman–Crippen MR) is 72.5 cm³/mol. The lowest BCUT2D eigenvalue weighted by Crippen LogP contribution is -1.95. The van der Waals surface area contributed by atoms with Crippen molar-refractivity contribution in [2.24, 2.45) is 0 Å². The van der Waals surface area contributed by atoms with Crippen molar-refractivity contribution < 1.29 is 9.84 Å². The number of methoxy groups -OCH3 is 1. The molecule has 0 atom stereocenters. The van der Waals surface area contributed by atoms with Crippen molar-refractivity contribution in [1.82, 2.24) is 0 Å². The van der Waals surface area contributed by atoms with E-state index in [1.54, 1.807) is 13.2 Å². The van der Waals surface area contributed by atoms with Crippen LogP contribution in [0.25, 0.3) is 5.76 Å². The summed E-state index contributed by atoms with van der Waals surface area (Å²) >= 11 is 0. The first-order chi connectivity index (χ1) is 8.01. The summed E-state index contributed by atoms with van der Waals surface area (Å²) < 4.78 is 5.24. The first kappa shape index (κ1) is 13.4. The number of hydrogen-bond acceptors (Lipinski definition) is 2. The maximum absolute atomic E-state index is 10.1. The number of allylic oxidation sites excluding steroid dienone is 2. The smallest absolute Gasteiger partial charge is 0.123 e. The summed E-state index contributed by atoms with van der Waals surface area (Å²) in [5.74, 6) is 1.11. The molecular weight excluding hydrogens is 212 g/mol. The van der Waals surface area contributed by atoms with Crippen LogP contribution in [0.15, 0.2) is 30.4 Å². The van der Waals surface area contributed by atoms with Gasteiger partial charge in [0.25, 0.3) is 0 Å². The van der Waals surface area contributed by atoms with Crippen LogP contribution in [0.5, 0.6) is 5.75 Å². The minimum Gasteiger partial charge on any atom is -0.507 e. The molecule has 92 valence electrons. The van der Waals surface area contributed by atoms with E-state index in [-0.39, 0.29) is 5.76 Å². The number of ether oxygens (including phenoxy) is 1. The third-order valence-corrected chi connectivity index (χ3v) is 3.03. The molecule has 2 heteroatoms. The lowest BCUT2D eigenvalue weighted by molar-refractivity contribution is 0.411. The second kappa shape index (κ2) is 5.58. The van der Waals surface area contributed by atoms with E-state index in [2.05, 4.69) is 6.58 Å². The number of benzene rings is 1. The fourth-order valence-electron chi connectivity index (χ4n) is 1.67. The Balaban J connectivity index is 3.20. The van der Waals surface area contributed by atoms with E-state index in [0.717, 1.165) is 34.4 Å². The Labute approximate surface area is 103 Å². The van der Waals surface area contributed by atoms with E-state index >= 15 is 0 Å². The average molecular weight is 232 g/mol. The van der Waals surface area contributed by atoms with Crippen LogP contribution in [0.2, 0.25) is 0 Å². The number of aliphatic hydroxyl groups excluding tert-OH is 1. The molecule has 1 aromatic rings. The predicted octanol–water partition coefficient (Wildman–Crippen LogP) is 4.18. The third-order valence-electron chi connectivity index (χ3n) is 3.03. The van der Waals surface area contributed by atoms with Gasteiger partial charge in [0.05, 0.1) is 7.11 Å². The van der Waals surface area contributed by atoms with Crippen molar-refractivity contribution in [2.75, 3.05) is 7.11 Å². The van der Waals surface area contributed by atoms with E-state index in [1.165, 1.54) is 0 Å². The summed E-state index contributed by atoms with van der Waals surface area (Å²) in [4.78, 5) is 0. The van der Waals surface area contributed by atoms with E-state index in [0.29, 0.717) is 0 Å². The molecule has 0 fully saturated rings. The molecule has 2 nitrogen and oxygen atoms in total. The lowest BCUT2D eigenvalue weighted by Gasteiger charge is -2.12. The monoisotopic (exact) mass is 232 g/mol. The van der Waals surface area contributed by atoms with Gasteiger partial charge in [-0.2, -0.15) is 0 Å².